The molecule has 8 heteroatoms. The summed E-state index contributed by atoms with van der Waals surface area (Å²) in [5.41, 5.74) is 4.65. The molecule has 1 aliphatic rings. The van der Waals surface area contributed by atoms with Crippen LogP contribution in [-0.4, -0.2) is 51.7 Å². The summed E-state index contributed by atoms with van der Waals surface area (Å²) in [5.74, 6) is 1.07. The highest BCUT2D eigenvalue weighted by Gasteiger charge is 2.24. The molecule has 0 unspecified atom stereocenters. The molecular weight excluding hydrogens is 486 g/mol. The molecule has 3 aromatic carbocycles. The molecule has 1 heterocycles. The zero-order valence-electron chi connectivity index (χ0n) is 21.8. The molecule has 0 atom stereocenters. The number of sulfonamides is 1. The first-order chi connectivity index (χ1) is 17.6. The van der Waals surface area contributed by atoms with Crippen LogP contribution in [0.2, 0.25) is 0 Å². The van der Waals surface area contributed by atoms with E-state index in [-0.39, 0.29) is 5.91 Å². The maximum absolute atomic E-state index is 13.0. The Labute approximate surface area is 219 Å². The monoisotopic (exact) mass is 521 g/mol. The molecule has 1 amide bonds. The van der Waals surface area contributed by atoms with Crippen LogP contribution in [0, 0.1) is 0 Å². The van der Waals surface area contributed by atoms with Gasteiger partial charge >= 0.3 is 0 Å². The number of ether oxygens (including phenoxy) is 1. The number of hydrogen-bond acceptors (Lipinski definition) is 5. The number of nitrogens with one attached hydrogen (secondary N) is 2. The van der Waals surface area contributed by atoms with E-state index in [0.29, 0.717) is 23.2 Å². The second-order valence-corrected chi connectivity index (χ2v) is 11.6. The first-order valence-electron chi connectivity index (χ1n) is 12.5. The summed E-state index contributed by atoms with van der Waals surface area (Å²) in [7, 11) is -1.67. The third kappa shape index (κ3) is 6.90. The van der Waals surface area contributed by atoms with Crippen LogP contribution in [0.1, 0.15) is 48.5 Å². The van der Waals surface area contributed by atoms with Crippen LogP contribution in [0.3, 0.4) is 0 Å². The Balaban J connectivity index is 1.46. The summed E-state index contributed by atoms with van der Waals surface area (Å²) in [4.78, 5) is 15.5. The minimum Gasteiger partial charge on any atom is -0.496 e. The average Bonchev–Trinajstić information content (AvgIpc) is 2.88. The summed E-state index contributed by atoms with van der Waals surface area (Å²) in [6, 6.07) is 20.8. The Hall–Kier alpha value is -3.36. The van der Waals surface area contributed by atoms with Crippen molar-refractivity contribution in [3.63, 3.8) is 0 Å². The lowest BCUT2D eigenvalue weighted by molar-refractivity contribution is 0.102. The lowest BCUT2D eigenvalue weighted by Gasteiger charge is -2.35. The van der Waals surface area contributed by atoms with Gasteiger partial charge in [-0.05, 0) is 105 Å². The van der Waals surface area contributed by atoms with Gasteiger partial charge in [-0.25, -0.2) is 8.42 Å². The van der Waals surface area contributed by atoms with Crippen LogP contribution >= 0.6 is 0 Å². The number of benzene rings is 3. The van der Waals surface area contributed by atoms with Crippen molar-refractivity contribution in [2.24, 2.45) is 0 Å². The lowest BCUT2D eigenvalue weighted by atomic mass is 9.88. The quantitative estimate of drug-likeness (QED) is 0.404. The number of hydrogen-bond donors (Lipinski definition) is 2. The van der Waals surface area contributed by atoms with Crippen LogP contribution in [0.4, 0.5) is 11.4 Å². The van der Waals surface area contributed by atoms with Gasteiger partial charge in [0.25, 0.3) is 5.91 Å². The van der Waals surface area contributed by atoms with Crippen molar-refractivity contribution < 1.29 is 17.9 Å². The van der Waals surface area contributed by atoms with Crippen LogP contribution in [-0.2, 0) is 10.0 Å². The molecule has 2 N–H and O–H groups in total. The Bertz CT molecular complexity index is 1350. The smallest absolute Gasteiger partial charge is 0.255 e. The van der Waals surface area contributed by atoms with E-state index in [4.69, 9.17) is 4.74 Å². The first kappa shape index (κ1) is 26.7. The summed E-state index contributed by atoms with van der Waals surface area (Å²) < 4.78 is 31.2. The Kier molecular flexibility index (Phi) is 8.19. The molecular formula is C29H35N3O4S. The summed E-state index contributed by atoms with van der Waals surface area (Å²) in [6.45, 7) is 6.58. The van der Waals surface area contributed by atoms with Gasteiger partial charge in [-0.15, -0.1) is 0 Å². The highest BCUT2D eigenvalue weighted by molar-refractivity contribution is 7.92. The van der Waals surface area contributed by atoms with Crippen molar-refractivity contribution in [2.45, 2.75) is 38.6 Å². The van der Waals surface area contributed by atoms with Crippen LogP contribution in [0.5, 0.6) is 5.75 Å². The molecule has 0 spiro atoms. The molecule has 1 fully saturated rings. The van der Waals surface area contributed by atoms with E-state index in [1.807, 2.05) is 36.4 Å². The highest BCUT2D eigenvalue weighted by atomic mass is 32.2. The minimum atomic E-state index is -3.36. The number of methoxy groups -OCH3 is 1. The average molecular weight is 522 g/mol. The molecule has 0 aliphatic carbocycles. The largest absolute Gasteiger partial charge is 0.496 e. The molecule has 7 nitrogen and oxygen atoms in total. The predicted molar refractivity (Wildman–Crippen MR) is 150 cm³/mol. The first-order valence-corrected chi connectivity index (χ1v) is 14.4. The molecule has 0 bridgehead atoms. The molecule has 3 aromatic rings. The summed E-state index contributed by atoms with van der Waals surface area (Å²) in [5, 5.41) is 3.03. The third-order valence-electron chi connectivity index (χ3n) is 6.83. The van der Waals surface area contributed by atoms with E-state index in [1.165, 1.54) is 0 Å². The molecule has 0 aromatic heterocycles. The van der Waals surface area contributed by atoms with Gasteiger partial charge in [0, 0.05) is 23.0 Å². The van der Waals surface area contributed by atoms with Gasteiger partial charge in [-0.2, -0.15) is 0 Å². The van der Waals surface area contributed by atoms with Crippen LogP contribution < -0.4 is 14.8 Å². The van der Waals surface area contributed by atoms with E-state index >= 15 is 0 Å². The Morgan fingerprint density at radius 2 is 1.65 bits per heavy atom. The molecule has 37 heavy (non-hydrogen) atoms. The molecule has 1 saturated heterocycles. The van der Waals surface area contributed by atoms with E-state index in [1.54, 1.807) is 37.4 Å². The van der Waals surface area contributed by atoms with Gasteiger partial charge in [0.05, 0.1) is 13.4 Å². The molecule has 0 saturated carbocycles. The maximum Gasteiger partial charge on any atom is 0.255 e. The number of carbonyl (C=O) groups excluding carboxylic acids is 1. The van der Waals surface area contributed by atoms with Gasteiger partial charge in [-0.3, -0.25) is 9.52 Å². The van der Waals surface area contributed by atoms with Crippen molar-refractivity contribution in [1.29, 1.82) is 0 Å². The molecule has 0 radical (unpaired) electrons. The summed E-state index contributed by atoms with van der Waals surface area (Å²) >= 11 is 0. The zero-order valence-corrected chi connectivity index (χ0v) is 22.6. The normalized spacial score (nSPS) is 14.9. The maximum atomic E-state index is 13.0. The topological polar surface area (TPSA) is 87.7 Å². The number of anilines is 2. The van der Waals surface area contributed by atoms with Crippen molar-refractivity contribution in [3.8, 4) is 16.9 Å². The second kappa shape index (κ2) is 11.4. The molecule has 196 valence electrons. The van der Waals surface area contributed by atoms with Gasteiger partial charge < -0.3 is 15.0 Å². The van der Waals surface area contributed by atoms with E-state index in [2.05, 4.69) is 28.8 Å². The van der Waals surface area contributed by atoms with E-state index < -0.39 is 10.0 Å². The standard InChI is InChI=1S/C29H35N3O4S/c1-20(2)32-16-14-22(15-17-32)27-19-25(12-13-28(27)36-3)30-29(33)23-10-8-21(9-11-23)24-6-5-7-26(18-24)31-37(4,34)35/h5-13,18-20,22,31H,14-17H2,1-4H3,(H,30,33). The van der Waals surface area contributed by atoms with E-state index in [9.17, 15) is 13.2 Å². The fourth-order valence-corrected chi connectivity index (χ4v) is 5.41. The molecule has 4 rings (SSSR count). The Morgan fingerprint density at radius 3 is 2.27 bits per heavy atom. The number of amides is 1. The van der Waals surface area contributed by atoms with Gasteiger partial charge in [0.1, 0.15) is 5.75 Å². The fourth-order valence-electron chi connectivity index (χ4n) is 4.85. The van der Waals surface area contributed by atoms with Crippen molar-refractivity contribution >= 4 is 27.3 Å². The highest BCUT2D eigenvalue weighted by Crippen LogP contribution is 2.36. The van der Waals surface area contributed by atoms with Gasteiger partial charge in [-0.1, -0.05) is 24.3 Å². The van der Waals surface area contributed by atoms with Crippen LogP contribution in [0.25, 0.3) is 11.1 Å². The fraction of sp³-hybridized carbons (Fsp3) is 0.345. The third-order valence-corrected chi connectivity index (χ3v) is 7.44. The van der Waals surface area contributed by atoms with Gasteiger partial charge in [0.15, 0.2) is 0 Å². The predicted octanol–water partition coefficient (Wildman–Crippen LogP) is 5.57. The Morgan fingerprint density at radius 1 is 0.946 bits per heavy atom. The zero-order chi connectivity index (χ0) is 26.6. The van der Waals surface area contributed by atoms with Crippen molar-refractivity contribution in [3.05, 3.63) is 77.9 Å². The summed E-state index contributed by atoms with van der Waals surface area (Å²) in [6.07, 6.45) is 3.25. The SMILES string of the molecule is COc1ccc(NC(=O)c2ccc(-c3cccc(NS(C)(=O)=O)c3)cc2)cc1C1CCN(C(C)C)CC1. The number of carbonyl (C=O) groups is 1. The lowest BCUT2D eigenvalue weighted by Crippen LogP contribution is -2.37. The number of likely N-dealkylation sites (tertiary alicyclic amines) is 1. The van der Waals surface area contributed by atoms with Crippen molar-refractivity contribution in [1.82, 2.24) is 4.90 Å². The number of nitrogens with zero attached hydrogens (tertiary/aromatic N) is 1. The number of rotatable bonds is 8. The minimum absolute atomic E-state index is 0.190. The van der Waals surface area contributed by atoms with Crippen LogP contribution in [0.15, 0.2) is 66.7 Å². The van der Waals surface area contributed by atoms with Crippen molar-refractivity contribution in [2.75, 3.05) is 36.5 Å². The number of piperidine rings is 1. The molecule has 1 aliphatic heterocycles. The second-order valence-electron chi connectivity index (χ2n) is 9.85. The van der Waals surface area contributed by atoms with E-state index in [0.717, 1.165) is 60.3 Å². The van der Waals surface area contributed by atoms with Gasteiger partial charge in [0.2, 0.25) is 10.0 Å².